The Labute approximate surface area is 137 Å². The van der Waals surface area contributed by atoms with Gasteiger partial charge in [-0.3, -0.25) is 0 Å². The van der Waals surface area contributed by atoms with Gasteiger partial charge in [0.1, 0.15) is 13.2 Å². The molecule has 0 radical (unpaired) electrons. The van der Waals surface area contributed by atoms with Crippen molar-refractivity contribution in [2.75, 3.05) is 13.2 Å². The largest absolute Gasteiger partial charge is 0.449 e. The summed E-state index contributed by atoms with van der Waals surface area (Å²) < 4.78 is 9.92. The zero-order valence-corrected chi connectivity index (χ0v) is 12.8. The Hall–Kier alpha value is -0.638. The van der Waals surface area contributed by atoms with Gasteiger partial charge in [0.2, 0.25) is 0 Å². The molecule has 120 valence electrons. The fourth-order valence-corrected chi connectivity index (χ4v) is 1.55. The van der Waals surface area contributed by atoms with Gasteiger partial charge < -0.3 is 20.5 Å². The van der Waals surface area contributed by atoms with Crippen LogP contribution in [0.1, 0.15) is 40.5 Å². The Morgan fingerprint density at radius 3 is 2.15 bits per heavy atom. The summed E-state index contributed by atoms with van der Waals surface area (Å²) in [6.45, 7) is 7.93. The zero-order chi connectivity index (χ0) is 14.2. The van der Waals surface area contributed by atoms with Crippen molar-refractivity contribution < 1.29 is 19.1 Å². The number of primary amides is 1. The Morgan fingerprint density at radius 2 is 1.75 bits per heavy atom. The third kappa shape index (κ3) is 12.4. The molecule has 0 aliphatic carbocycles. The van der Waals surface area contributed by atoms with E-state index in [0.717, 1.165) is 12.8 Å². The number of alkyl carbamates (subject to hydrolysis) is 1. The van der Waals surface area contributed by atoms with Crippen LogP contribution in [0.5, 0.6) is 0 Å². The highest BCUT2D eigenvalue weighted by atomic mass is 35.5. The molecule has 0 saturated carbocycles. The van der Waals surface area contributed by atoms with Gasteiger partial charge in [-0.1, -0.05) is 20.3 Å². The molecule has 0 heterocycles. The van der Waals surface area contributed by atoms with Gasteiger partial charge in [0.25, 0.3) is 0 Å². The SMILES string of the molecule is CCCC(C)(COC(N)=O)COC(=O)NC(C)C.Cl.[AlH3]. The van der Waals surface area contributed by atoms with Gasteiger partial charge in [0, 0.05) is 11.5 Å². The lowest BCUT2D eigenvalue weighted by atomic mass is 9.87. The van der Waals surface area contributed by atoms with E-state index >= 15 is 0 Å². The maximum Gasteiger partial charge on any atom is 0.407 e. The van der Waals surface area contributed by atoms with Gasteiger partial charge in [-0.2, -0.15) is 0 Å². The van der Waals surface area contributed by atoms with Crippen molar-refractivity contribution in [1.82, 2.24) is 5.32 Å². The molecule has 3 N–H and O–H groups in total. The van der Waals surface area contributed by atoms with E-state index in [-0.39, 0.29) is 49.0 Å². The van der Waals surface area contributed by atoms with Gasteiger partial charge in [-0.15, -0.1) is 12.4 Å². The Morgan fingerprint density at radius 1 is 1.25 bits per heavy atom. The van der Waals surface area contributed by atoms with Crippen molar-refractivity contribution in [1.29, 1.82) is 0 Å². The van der Waals surface area contributed by atoms with Crippen LogP contribution in [-0.2, 0) is 9.47 Å². The molecule has 8 heteroatoms. The minimum Gasteiger partial charge on any atom is -0.449 e. The fraction of sp³-hybridized carbons (Fsp3) is 0.833. The first-order chi connectivity index (χ1) is 8.29. The van der Waals surface area contributed by atoms with Crippen LogP contribution >= 0.6 is 12.4 Å². The van der Waals surface area contributed by atoms with Crippen LogP contribution < -0.4 is 11.1 Å². The highest BCUT2D eigenvalue weighted by Gasteiger charge is 2.27. The summed E-state index contributed by atoms with van der Waals surface area (Å²) in [6, 6.07) is 0.0248. The van der Waals surface area contributed by atoms with Gasteiger partial charge >= 0.3 is 12.2 Å². The second-order valence-electron chi connectivity index (χ2n) is 5.04. The molecular formula is C12H28AlClN2O4. The molecule has 0 rings (SSSR count). The highest BCUT2D eigenvalue weighted by Crippen LogP contribution is 2.24. The molecule has 0 aliphatic rings. The van der Waals surface area contributed by atoms with E-state index in [1.54, 1.807) is 0 Å². The number of amides is 2. The number of rotatable bonds is 7. The van der Waals surface area contributed by atoms with Crippen LogP contribution in [0.15, 0.2) is 0 Å². The van der Waals surface area contributed by atoms with E-state index in [4.69, 9.17) is 15.2 Å². The first-order valence-corrected chi connectivity index (χ1v) is 6.14. The highest BCUT2D eigenvalue weighted by molar-refractivity contribution is 5.85. The first-order valence-electron chi connectivity index (χ1n) is 6.14. The van der Waals surface area contributed by atoms with Gasteiger partial charge in [0.15, 0.2) is 17.4 Å². The maximum atomic E-state index is 11.4. The molecule has 0 aromatic heterocycles. The molecule has 0 aliphatic heterocycles. The maximum absolute atomic E-state index is 11.4. The summed E-state index contributed by atoms with van der Waals surface area (Å²) >= 11 is 0. The summed E-state index contributed by atoms with van der Waals surface area (Å²) in [5.74, 6) is 0. The molecule has 20 heavy (non-hydrogen) atoms. The lowest BCUT2D eigenvalue weighted by Crippen LogP contribution is -2.37. The Balaban J connectivity index is -0.00000144. The number of hydrogen-bond acceptors (Lipinski definition) is 4. The predicted octanol–water partition coefficient (Wildman–Crippen LogP) is 1.26. The molecular weight excluding hydrogens is 299 g/mol. The van der Waals surface area contributed by atoms with E-state index in [2.05, 4.69) is 5.32 Å². The number of nitrogens with one attached hydrogen (secondary N) is 1. The van der Waals surface area contributed by atoms with Gasteiger partial charge in [-0.25, -0.2) is 9.59 Å². The number of ether oxygens (including phenoxy) is 2. The van der Waals surface area contributed by atoms with Crippen molar-refractivity contribution in [3.8, 4) is 0 Å². The smallest absolute Gasteiger partial charge is 0.407 e. The zero-order valence-electron chi connectivity index (χ0n) is 12.0. The third-order valence-corrected chi connectivity index (χ3v) is 2.37. The predicted molar refractivity (Wildman–Crippen MR) is 85.4 cm³/mol. The van der Waals surface area contributed by atoms with E-state index in [1.165, 1.54) is 0 Å². The van der Waals surface area contributed by atoms with Gasteiger partial charge in [-0.05, 0) is 20.3 Å². The summed E-state index contributed by atoms with van der Waals surface area (Å²) in [7, 11) is 0. The molecule has 0 spiro atoms. The van der Waals surface area contributed by atoms with Crippen molar-refractivity contribution in [3.05, 3.63) is 0 Å². The molecule has 0 saturated heterocycles. The van der Waals surface area contributed by atoms with Crippen LogP contribution in [0.3, 0.4) is 0 Å². The average Bonchev–Trinajstić information content (AvgIpc) is 2.24. The number of hydrogen-bond donors (Lipinski definition) is 2. The van der Waals surface area contributed by atoms with E-state index in [0.29, 0.717) is 0 Å². The van der Waals surface area contributed by atoms with Crippen molar-refractivity contribution in [2.45, 2.75) is 46.6 Å². The minimum absolute atomic E-state index is 0. The van der Waals surface area contributed by atoms with Crippen LogP contribution in [0, 0.1) is 5.41 Å². The first kappa shape index (κ1) is 24.4. The summed E-state index contributed by atoms with van der Waals surface area (Å²) in [5.41, 5.74) is 4.53. The van der Waals surface area contributed by atoms with E-state index < -0.39 is 17.6 Å². The number of carbonyl (C=O) groups is 2. The second-order valence-corrected chi connectivity index (χ2v) is 5.04. The van der Waals surface area contributed by atoms with E-state index in [1.807, 2.05) is 27.7 Å². The summed E-state index contributed by atoms with van der Waals surface area (Å²) in [4.78, 5) is 22.0. The van der Waals surface area contributed by atoms with Crippen LogP contribution in [0.25, 0.3) is 0 Å². The molecule has 6 nitrogen and oxygen atoms in total. The Bertz CT molecular complexity index is 293. The molecule has 1 unspecified atom stereocenters. The second kappa shape index (κ2) is 12.1. The lowest BCUT2D eigenvalue weighted by molar-refractivity contribution is 0.0333. The number of carbonyl (C=O) groups excluding carboxylic acids is 2. The number of nitrogens with two attached hydrogens (primary N) is 1. The van der Waals surface area contributed by atoms with Crippen LogP contribution in [-0.4, -0.2) is 48.8 Å². The molecule has 1 atom stereocenters. The Kier molecular flexibility index (Phi) is 14.8. The molecule has 0 bridgehead atoms. The van der Waals surface area contributed by atoms with Crippen LogP contribution in [0.2, 0.25) is 0 Å². The monoisotopic (exact) mass is 326 g/mol. The topological polar surface area (TPSA) is 90.7 Å². The fourth-order valence-electron chi connectivity index (χ4n) is 1.55. The molecule has 0 aromatic rings. The van der Waals surface area contributed by atoms with Crippen molar-refractivity contribution in [3.63, 3.8) is 0 Å². The standard InChI is InChI=1S/C12H24N2O4.Al.ClH.3H/c1-5-6-12(4,7-17-10(13)15)8-18-11(16)14-9(2)3;;;;;/h9H,5-8H2,1-4H3,(H2,13,15)(H,14,16);;1H;;;. The lowest BCUT2D eigenvalue weighted by Gasteiger charge is -2.27. The summed E-state index contributed by atoms with van der Waals surface area (Å²) in [6.07, 6.45) is 0.388. The minimum atomic E-state index is -0.816. The number of halogens is 1. The van der Waals surface area contributed by atoms with Crippen molar-refractivity contribution in [2.24, 2.45) is 11.1 Å². The molecule has 0 fully saturated rings. The third-order valence-electron chi connectivity index (χ3n) is 2.37. The summed E-state index contributed by atoms with van der Waals surface area (Å²) in [5, 5.41) is 2.63. The average molecular weight is 327 g/mol. The molecule has 2 amide bonds. The van der Waals surface area contributed by atoms with Crippen molar-refractivity contribution >= 4 is 42.0 Å². The molecule has 0 aromatic carbocycles. The van der Waals surface area contributed by atoms with Crippen LogP contribution in [0.4, 0.5) is 9.59 Å². The normalized spacial score (nSPS) is 12.4. The van der Waals surface area contributed by atoms with E-state index in [9.17, 15) is 9.59 Å². The quantitative estimate of drug-likeness (QED) is 0.689. The van der Waals surface area contributed by atoms with Gasteiger partial charge in [0.05, 0.1) is 0 Å².